The Morgan fingerprint density at radius 1 is 0.172 bits per heavy atom. The van der Waals surface area contributed by atoms with E-state index >= 15 is 0 Å². The van der Waals surface area contributed by atoms with Gasteiger partial charge < -0.3 is 49.4 Å². The second-order valence-corrected chi connectivity index (χ2v) is 55.4. The third kappa shape index (κ3) is 12.3. The molecular weight excluding hydrogens is 1520 g/mol. The molecule has 0 aliphatic carbocycles. The normalized spacial score (nSPS) is 29.0. The maximum atomic E-state index is 8.08. The van der Waals surface area contributed by atoms with Crippen LogP contribution < -0.4 is 46.7 Å². The topological polar surface area (TPSA) is 111 Å². The number of benzene rings is 9. The predicted molar refractivity (Wildman–Crippen MR) is 362 cm³/mol. The van der Waals surface area contributed by atoms with E-state index in [4.69, 9.17) is 187 Å². The first kappa shape index (κ1) is 63.7. The molecule has 87 heavy (non-hydrogen) atoms. The molecule has 6 aliphatic rings. The first-order valence-corrected chi connectivity index (χ1v) is 48.0. The van der Waals surface area contributed by atoms with Crippen molar-refractivity contribution < 1.29 is 49.4 Å². The fourth-order valence-corrected chi connectivity index (χ4v) is 58.6. The summed E-state index contributed by atoms with van der Waals surface area (Å²) in [6.07, 6.45) is 0. The van der Waals surface area contributed by atoms with Crippen molar-refractivity contribution in [2.45, 2.75) is 0 Å². The molecule has 9 aromatic rings. The summed E-state index contributed by atoms with van der Waals surface area (Å²) in [6, 6.07) is 59.0. The molecule has 0 atom stereocenters. The Kier molecular flexibility index (Phi) is 17.8. The zero-order chi connectivity index (χ0) is 60.8. The van der Waals surface area contributed by atoms with Crippen LogP contribution in [0.1, 0.15) is 0 Å². The van der Waals surface area contributed by atoms with Gasteiger partial charge in [0.15, 0.2) is 0 Å². The van der Waals surface area contributed by atoms with Crippen molar-refractivity contribution in [3.05, 3.63) is 264 Å². The van der Waals surface area contributed by atoms with Gasteiger partial charge >= 0.3 is 76.4 Å². The van der Waals surface area contributed by atoms with Crippen LogP contribution in [-0.2, 0) is 49.4 Å². The van der Waals surface area contributed by atoms with E-state index in [9.17, 15) is 0 Å². The molecule has 6 fully saturated rings. The van der Waals surface area contributed by atoms with Crippen molar-refractivity contribution in [2.24, 2.45) is 0 Å². The zero-order valence-corrected chi connectivity index (χ0v) is 61.8. The molecule has 0 amide bonds. The second kappa shape index (κ2) is 24.4. The van der Waals surface area contributed by atoms with Crippen molar-refractivity contribution in [1.29, 1.82) is 0 Å². The summed E-state index contributed by atoms with van der Waals surface area (Å²) in [6.45, 7) is 0. The van der Waals surface area contributed by atoms with Crippen molar-refractivity contribution in [2.75, 3.05) is 0 Å². The van der Waals surface area contributed by atoms with Crippen LogP contribution in [0.15, 0.2) is 218 Å². The molecular formula is C54H36Cl12O12Si9. The average Bonchev–Trinajstić information content (AvgIpc) is 0.787. The fraction of sp³-hybridized carbons (Fsp3) is 0. The molecule has 0 unspecified atom stereocenters. The van der Waals surface area contributed by atoms with Crippen molar-refractivity contribution >= 4 is 261 Å². The Bertz CT molecular complexity index is 3250. The van der Waals surface area contributed by atoms with E-state index in [-0.39, 0.29) is 0 Å². The summed E-state index contributed by atoms with van der Waals surface area (Å²) in [7, 11) is -40.5. The molecule has 8 bridgehead atoms. The van der Waals surface area contributed by atoms with Crippen LogP contribution in [0.3, 0.4) is 0 Å². The Labute approximate surface area is 567 Å². The van der Waals surface area contributed by atoms with E-state index in [1.54, 1.807) is 218 Å². The van der Waals surface area contributed by atoms with Gasteiger partial charge in [-0.15, -0.1) is 33.2 Å². The monoisotopic (exact) mass is 1550 g/mol. The van der Waals surface area contributed by atoms with Crippen molar-refractivity contribution in [3.8, 4) is 0 Å². The van der Waals surface area contributed by atoms with E-state index in [1.165, 1.54) is 0 Å². The van der Waals surface area contributed by atoms with E-state index in [1.807, 2.05) is 0 Å². The number of halogens is 12. The third-order valence-corrected chi connectivity index (χ3v) is 53.3. The van der Waals surface area contributed by atoms with Gasteiger partial charge in [0, 0.05) is 86.7 Å². The van der Waals surface area contributed by atoms with E-state index < -0.39 is 76.4 Å². The molecule has 0 saturated carbocycles. The van der Waals surface area contributed by atoms with Gasteiger partial charge in [-0.1, -0.05) is 214 Å². The third-order valence-electron chi connectivity index (χ3n) is 14.0. The van der Waals surface area contributed by atoms with Crippen LogP contribution in [-0.4, -0.2) is 76.4 Å². The summed E-state index contributed by atoms with van der Waals surface area (Å²) in [5.41, 5.74) is 0. The second-order valence-electron chi connectivity index (χ2n) is 19.7. The molecule has 33 heteroatoms. The number of rotatable bonds is 9. The highest BCUT2D eigenvalue weighted by molar-refractivity contribution is 7.69. The van der Waals surface area contributed by atoms with Gasteiger partial charge in [0.05, 0.1) is 0 Å². The predicted octanol–water partition coefficient (Wildman–Crippen LogP) is 11.5. The minimum atomic E-state index is -5.07. The van der Waals surface area contributed by atoms with Crippen LogP contribution >= 0.6 is 138 Å². The van der Waals surface area contributed by atoms with Gasteiger partial charge in [0.25, 0.3) is 0 Å². The standard InChI is InChI=1S/C48H32Cl8O12Si8.C6H4Cl4Si/c49-33-1-17-41(18-2-33)69-57-70(42-19-3-34(50)4-20-42)60-73(45-25-9-37(53)10-26-45)62-71(58-69,43-21-5-35(51)6-22-43)64-75(47-29-13-39(55)14-30-47)65-72(59-69,44-23-7-36(52)8-24-44)63-74(61-70,46-27-11-38(54)12-28-46)67-76(66-73,68-75)48-31-15-40(56)16-32-48;7-5-1-3-6(4-2-5)11(8,9)10/h1-32H;1-4H. The van der Waals surface area contributed by atoms with E-state index in [0.29, 0.717) is 86.7 Å². The van der Waals surface area contributed by atoms with Crippen LogP contribution in [0.5, 0.6) is 0 Å². The summed E-state index contributed by atoms with van der Waals surface area (Å²) in [4.78, 5) is 0. The summed E-state index contributed by atoms with van der Waals surface area (Å²) in [5, 5.41) is 7.43. The summed E-state index contributed by atoms with van der Waals surface area (Å²) in [5.74, 6) is 0. The SMILES string of the molecule is Clc1ccc([Si](Cl)(Cl)Cl)cc1.Clc1ccc([Si]23O[Si]4(c5ccc(Cl)cc5)O[Si]5(c6ccc(Cl)cc6)O[Si](c6ccc(Cl)cc6)(O2)O[Si]2(c6ccc(Cl)cc6)O[Si](c6ccc(Cl)cc6)(O3)O[Si](c3ccc(Cl)cc3)(O4)O[Si](c3ccc(Cl)cc3)(O5)O2)cc1. The Morgan fingerprint density at radius 2 is 0.276 bits per heavy atom. The average molecular weight is 1560 g/mol. The summed E-state index contributed by atoms with van der Waals surface area (Å²) >= 11 is 76.7. The largest absolute Gasteiger partial charge is 0.515 e. The van der Waals surface area contributed by atoms with Crippen LogP contribution in [0.25, 0.3) is 0 Å². The highest BCUT2D eigenvalue weighted by Crippen LogP contribution is 2.49. The number of hydrogen-bond acceptors (Lipinski definition) is 12. The van der Waals surface area contributed by atoms with Gasteiger partial charge in [-0.3, -0.25) is 0 Å². The maximum Gasteiger partial charge on any atom is 0.515 e. The molecule has 0 N–H and O–H groups in total. The molecule has 0 radical (unpaired) electrons. The molecule has 0 aromatic heterocycles. The molecule has 12 nitrogen and oxygen atoms in total. The Balaban J connectivity index is 0.000000576. The molecule has 9 aromatic carbocycles. The number of hydrogen-bond donors (Lipinski definition) is 0. The molecule has 6 saturated heterocycles. The highest BCUT2D eigenvalue weighted by atomic mass is 35.8. The Morgan fingerprint density at radius 3 is 0.379 bits per heavy atom. The van der Waals surface area contributed by atoms with Gasteiger partial charge in [-0.05, 0) is 114 Å². The van der Waals surface area contributed by atoms with Gasteiger partial charge in [0.2, 0.25) is 0 Å². The smallest absolute Gasteiger partial charge is 0.366 e. The van der Waals surface area contributed by atoms with Crippen LogP contribution in [0.2, 0.25) is 45.2 Å². The lowest BCUT2D eigenvalue weighted by molar-refractivity contribution is -0.00296. The minimum Gasteiger partial charge on any atom is -0.366 e. The van der Waals surface area contributed by atoms with Crippen LogP contribution in [0.4, 0.5) is 0 Å². The van der Waals surface area contributed by atoms with Gasteiger partial charge in [0.1, 0.15) is 0 Å². The lowest BCUT2D eigenvalue weighted by atomic mass is 10.4. The molecule has 15 rings (SSSR count). The highest BCUT2D eigenvalue weighted by Gasteiger charge is 2.86. The van der Waals surface area contributed by atoms with Crippen molar-refractivity contribution in [1.82, 2.24) is 0 Å². The van der Waals surface area contributed by atoms with Gasteiger partial charge in [-0.25, -0.2) is 0 Å². The first-order valence-electron chi connectivity index (χ1n) is 25.8. The Hall–Kier alpha value is -2.07. The van der Waals surface area contributed by atoms with Crippen LogP contribution in [0, 0.1) is 0 Å². The molecule has 444 valence electrons. The van der Waals surface area contributed by atoms with E-state index in [2.05, 4.69) is 0 Å². The summed E-state index contributed by atoms with van der Waals surface area (Å²) < 4.78 is 97.0. The molecule has 6 aliphatic heterocycles. The van der Waals surface area contributed by atoms with Crippen molar-refractivity contribution in [3.63, 3.8) is 0 Å². The zero-order valence-electron chi connectivity index (χ0n) is 43.7. The fourth-order valence-electron chi connectivity index (χ4n) is 9.91. The quantitative estimate of drug-likeness (QED) is 0.101. The maximum absolute atomic E-state index is 8.08. The lowest BCUT2D eigenvalue weighted by Gasteiger charge is -2.62. The lowest BCUT2D eigenvalue weighted by Crippen LogP contribution is -2.96. The van der Waals surface area contributed by atoms with Gasteiger partial charge in [-0.2, -0.15) is 0 Å². The molecule has 6 heterocycles. The first-order chi connectivity index (χ1) is 41.5. The van der Waals surface area contributed by atoms with E-state index in [0.717, 1.165) is 5.19 Å². The minimum absolute atomic E-state index is 0.356. The molecule has 0 spiro atoms.